The highest BCUT2D eigenvalue weighted by atomic mass is 32.1. The Balaban J connectivity index is 2.35. The highest BCUT2D eigenvalue weighted by Gasteiger charge is 2.13. The van der Waals surface area contributed by atoms with Gasteiger partial charge in [-0.15, -0.1) is 11.3 Å². The number of carbonyl (C=O) groups is 1. The second-order valence-electron chi connectivity index (χ2n) is 3.40. The Kier molecular flexibility index (Phi) is 2.70. The van der Waals surface area contributed by atoms with E-state index >= 15 is 0 Å². The summed E-state index contributed by atoms with van der Waals surface area (Å²) in [5.74, 6) is -0.956. The quantitative estimate of drug-likeness (QED) is 0.831. The first kappa shape index (κ1) is 10.1. The summed E-state index contributed by atoms with van der Waals surface area (Å²) in [4.78, 5) is 10.7. The summed E-state index contributed by atoms with van der Waals surface area (Å²) in [5.41, 5.74) is 6.52. The van der Waals surface area contributed by atoms with E-state index in [9.17, 15) is 4.79 Å². The minimum Gasteiger partial charge on any atom is -0.480 e. The normalized spacial score (nSPS) is 12.9. The smallest absolute Gasteiger partial charge is 0.320 e. The third-order valence-corrected chi connectivity index (χ3v) is 3.23. The highest BCUT2D eigenvalue weighted by molar-refractivity contribution is 7.17. The molecule has 78 valence electrons. The maximum atomic E-state index is 10.7. The monoisotopic (exact) mass is 221 g/mol. The molecule has 0 aliphatic carbocycles. The molecule has 1 atom stereocenters. The number of aliphatic carboxylic acids is 1. The van der Waals surface area contributed by atoms with Crippen LogP contribution in [0.4, 0.5) is 0 Å². The van der Waals surface area contributed by atoms with Gasteiger partial charge in [-0.05, 0) is 34.9 Å². The Hall–Kier alpha value is -1.39. The molecule has 0 bridgehead atoms. The first-order chi connectivity index (χ1) is 7.18. The minimum absolute atomic E-state index is 0.378. The summed E-state index contributed by atoms with van der Waals surface area (Å²) in [7, 11) is 0. The number of thiophene rings is 1. The lowest BCUT2D eigenvalue weighted by Crippen LogP contribution is -2.32. The molecule has 0 radical (unpaired) electrons. The van der Waals surface area contributed by atoms with Crippen molar-refractivity contribution in [3.63, 3.8) is 0 Å². The molecule has 1 aromatic heterocycles. The van der Waals surface area contributed by atoms with Crippen LogP contribution >= 0.6 is 11.3 Å². The van der Waals surface area contributed by atoms with Crippen molar-refractivity contribution in [3.8, 4) is 0 Å². The maximum Gasteiger partial charge on any atom is 0.320 e. The van der Waals surface area contributed by atoms with Gasteiger partial charge in [-0.3, -0.25) is 4.79 Å². The summed E-state index contributed by atoms with van der Waals surface area (Å²) >= 11 is 1.65. The lowest BCUT2D eigenvalue weighted by molar-refractivity contribution is -0.138. The van der Waals surface area contributed by atoms with Gasteiger partial charge in [0, 0.05) is 4.70 Å². The Labute approximate surface area is 91.1 Å². The molecular formula is C11H11NO2S. The third-order valence-electron chi connectivity index (χ3n) is 2.34. The van der Waals surface area contributed by atoms with Gasteiger partial charge < -0.3 is 10.8 Å². The largest absolute Gasteiger partial charge is 0.480 e. The van der Waals surface area contributed by atoms with Crippen molar-refractivity contribution in [1.82, 2.24) is 0 Å². The van der Waals surface area contributed by atoms with Gasteiger partial charge in [0.05, 0.1) is 0 Å². The molecular weight excluding hydrogens is 210 g/mol. The predicted octanol–water partition coefficient (Wildman–Crippen LogP) is 1.86. The molecule has 2 rings (SSSR count). The molecule has 0 saturated carbocycles. The molecule has 0 aliphatic heterocycles. The van der Waals surface area contributed by atoms with Gasteiger partial charge in [0.2, 0.25) is 0 Å². The van der Waals surface area contributed by atoms with Gasteiger partial charge in [0.1, 0.15) is 6.04 Å². The molecule has 1 aromatic carbocycles. The van der Waals surface area contributed by atoms with E-state index in [0.29, 0.717) is 6.42 Å². The zero-order chi connectivity index (χ0) is 10.8. The number of fused-ring (bicyclic) bond motifs is 1. The van der Waals surface area contributed by atoms with E-state index in [4.69, 9.17) is 10.8 Å². The lowest BCUT2D eigenvalue weighted by atomic mass is 10.0. The van der Waals surface area contributed by atoms with Crippen molar-refractivity contribution < 1.29 is 9.90 Å². The summed E-state index contributed by atoms with van der Waals surface area (Å²) in [5, 5.41) is 11.9. The fourth-order valence-electron chi connectivity index (χ4n) is 1.56. The topological polar surface area (TPSA) is 63.3 Å². The van der Waals surface area contributed by atoms with E-state index < -0.39 is 12.0 Å². The van der Waals surface area contributed by atoms with E-state index in [0.717, 1.165) is 10.9 Å². The van der Waals surface area contributed by atoms with Crippen LogP contribution in [0.2, 0.25) is 0 Å². The molecule has 4 heteroatoms. The second kappa shape index (κ2) is 4.00. The number of carboxylic acid groups (broad SMARTS) is 1. The minimum atomic E-state index is -0.956. The molecule has 0 aliphatic rings. The molecule has 0 fully saturated rings. The third kappa shape index (κ3) is 2.00. The van der Waals surface area contributed by atoms with Crippen LogP contribution in [0.1, 0.15) is 5.56 Å². The summed E-state index contributed by atoms with van der Waals surface area (Å²) in [6.07, 6.45) is 0.378. The fraction of sp³-hybridized carbons (Fsp3) is 0.182. The Morgan fingerprint density at radius 2 is 2.27 bits per heavy atom. The van der Waals surface area contributed by atoms with Gasteiger partial charge >= 0.3 is 5.97 Å². The first-order valence-corrected chi connectivity index (χ1v) is 5.50. The summed E-state index contributed by atoms with van der Waals surface area (Å²) in [6, 6.07) is 7.07. The molecule has 1 unspecified atom stereocenters. The Bertz CT molecular complexity index is 492. The molecule has 3 nitrogen and oxygen atoms in total. The summed E-state index contributed by atoms with van der Waals surface area (Å²) in [6.45, 7) is 0. The van der Waals surface area contributed by atoms with Crippen LogP contribution in [0.5, 0.6) is 0 Å². The van der Waals surface area contributed by atoms with Gasteiger partial charge in [0.25, 0.3) is 0 Å². The molecule has 2 aromatic rings. The molecule has 0 amide bonds. The highest BCUT2D eigenvalue weighted by Crippen LogP contribution is 2.24. The van der Waals surface area contributed by atoms with Crippen LogP contribution in [0.15, 0.2) is 29.6 Å². The van der Waals surface area contributed by atoms with Crippen molar-refractivity contribution in [2.45, 2.75) is 12.5 Å². The van der Waals surface area contributed by atoms with Gasteiger partial charge in [-0.25, -0.2) is 0 Å². The summed E-state index contributed by atoms with van der Waals surface area (Å²) < 4.78 is 1.17. The molecule has 3 N–H and O–H groups in total. The number of benzene rings is 1. The maximum absolute atomic E-state index is 10.7. The molecule has 15 heavy (non-hydrogen) atoms. The van der Waals surface area contributed by atoms with Crippen LogP contribution in [0.25, 0.3) is 10.1 Å². The average Bonchev–Trinajstić information content (AvgIpc) is 2.66. The SMILES string of the molecule is NC(Cc1cccc2sccc12)C(=O)O. The molecule has 1 heterocycles. The van der Waals surface area contributed by atoms with Crippen molar-refractivity contribution in [1.29, 1.82) is 0 Å². The van der Waals surface area contributed by atoms with E-state index in [2.05, 4.69) is 0 Å². The fourth-order valence-corrected chi connectivity index (χ4v) is 2.39. The Morgan fingerprint density at radius 3 is 3.00 bits per heavy atom. The van der Waals surface area contributed by atoms with Gasteiger partial charge in [-0.2, -0.15) is 0 Å². The number of rotatable bonds is 3. The molecule has 0 saturated heterocycles. The van der Waals surface area contributed by atoms with Gasteiger partial charge in [-0.1, -0.05) is 12.1 Å². The van der Waals surface area contributed by atoms with E-state index in [-0.39, 0.29) is 0 Å². The zero-order valence-electron chi connectivity index (χ0n) is 8.01. The zero-order valence-corrected chi connectivity index (χ0v) is 8.83. The van der Waals surface area contributed by atoms with E-state index in [1.54, 1.807) is 11.3 Å². The average molecular weight is 221 g/mol. The van der Waals surface area contributed by atoms with Crippen molar-refractivity contribution in [2.24, 2.45) is 5.73 Å². The van der Waals surface area contributed by atoms with Crippen molar-refractivity contribution in [2.75, 3.05) is 0 Å². The number of carboxylic acids is 1. The number of hydrogen-bond donors (Lipinski definition) is 2. The number of nitrogens with two attached hydrogens (primary N) is 1. The second-order valence-corrected chi connectivity index (χ2v) is 4.35. The standard InChI is InChI=1S/C11H11NO2S/c12-9(11(13)14)6-7-2-1-3-10-8(7)4-5-15-10/h1-5,9H,6,12H2,(H,13,14). The Morgan fingerprint density at radius 1 is 1.47 bits per heavy atom. The van der Waals surface area contributed by atoms with Crippen LogP contribution in [-0.2, 0) is 11.2 Å². The van der Waals surface area contributed by atoms with Crippen LogP contribution < -0.4 is 5.73 Å². The van der Waals surface area contributed by atoms with E-state index in [1.165, 1.54) is 4.70 Å². The van der Waals surface area contributed by atoms with Gasteiger partial charge in [0.15, 0.2) is 0 Å². The number of hydrogen-bond acceptors (Lipinski definition) is 3. The van der Waals surface area contributed by atoms with Crippen LogP contribution in [0.3, 0.4) is 0 Å². The lowest BCUT2D eigenvalue weighted by Gasteiger charge is -2.07. The van der Waals surface area contributed by atoms with Crippen LogP contribution in [0, 0.1) is 0 Å². The van der Waals surface area contributed by atoms with Crippen molar-refractivity contribution in [3.05, 3.63) is 35.2 Å². The predicted molar refractivity (Wildman–Crippen MR) is 61.1 cm³/mol. The first-order valence-electron chi connectivity index (χ1n) is 4.62. The van der Waals surface area contributed by atoms with Crippen LogP contribution in [-0.4, -0.2) is 17.1 Å². The van der Waals surface area contributed by atoms with Crippen molar-refractivity contribution >= 4 is 27.4 Å². The molecule has 0 spiro atoms. The van der Waals surface area contributed by atoms with E-state index in [1.807, 2.05) is 29.6 Å².